The number of hydrogen-bond donors (Lipinski definition) is 2. The summed E-state index contributed by atoms with van der Waals surface area (Å²) in [6.07, 6.45) is 1.61. The lowest BCUT2D eigenvalue weighted by Gasteiger charge is -2.19. The summed E-state index contributed by atoms with van der Waals surface area (Å²) >= 11 is 1.38. The normalized spacial score (nSPS) is 13.6. The van der Waals surface area contributed by atoms with Crippen LogP contribution in [0.25, 0.3) is 0 Å². The Morgan fingerprint density at radius 3 is 3.11 bits per heavy atom. The van der Waals surface area contributed by atoms with Crippen LogP contribution in [0, 0.1) is 0 Å². The van der Waals surface area contributed by atoms with Gasteiger partial charge in [-0.15, -0.1) is 10.2 Å². The Labute approximate surface area is 113 Å². The minimum absolute atomic E-state index is 0.0161. The highest BCUT2D eigenvalue weighted by Crippen LogP contribution is 2.38. The molecule has 0 fully saturated rings. The van der Waals surface area contributed by atoms with E-state index in [-0.39, 0.29) is 12.5 Å². The minimum Gasteiger partial charge on any atom is -0.482 e. The van der Waals surface area contributed by atoms with Gasteiger partial charge in [0.15, 0.2) is 11.8 Å². The number of hydrogen-bond acceptors (Lipinski definition) is 6. The van der Waals surface area contributed by atoms with Crippen LogP contribution in [0.4, 0.5) is 11.4 Å². The molecule has 1 aliphatic rings. The third-order valence-electron chi connectivity index (χ3n) is 2.62. The van der Waals surface area contributed by atoms with Crippen LogP contribution in [-0.2, 0) is 11.8 Å². The monoisotopic (exact) mass is 277 g/mol. The number of carbonyl (C=O) groups is 1. The van der Waals surface area contributed by atoms with Crippen molar-refractivity contribution in [1.82, 2.24) is 14.8 Å². The fourth-order valence-corrected chi connectivity index (χ4v) is 2.50. The number of nitrogens with zero attached hydrogens (tertiary/aromatic N) is 3. The molecule has 1 aliphatic heterocycles. The molecule has 0 bridgehead atoms. The zero-order valence-electron chi connectivity index (χ0n) is 10.1. The van der Waals surface area contributed by atoms with E-state index in [1.54, 1.807) is 23.0 Å². The standard InChI is InChI=1S/C11H11N5O2S/c1-16-5-13-15-11(16)19-9-3-7-8(2-6(9)12)18-4-10(17)14-7/h2-3,5H,4,12H2,1H3,(H,14,17). The van der Waals surface area contributed by atoms with Crippen LogP contribution in [0.2, 0.25) is 0 Å². The smallest absolute Gasteiger partial charge is 0.262 e. The molecule has 19 heavy (non-hydrogen) atoms. The van der Waals surface area contributed by atoms with Gasteiger partial charge in [0.1, 0.15) is 12.1 Å². The first-order valence-electron chi connectivity index (χ1n) is 5.51. The molecule has 0 unspecified atom stereocenters. The van der Waals surface area contributed by atoms with Crippen LogP contribution in [-0.4, -0.2) is 27.3 Å². The van der Waals surface area contributed by atoms with Crippen LogP contribution in [0.5, 0.6) is 5.75 Å². The van der Waals surface area contributed by atoms with Crippen LogP contribution < -0.4 is 15.8 Å². The van der Waals surface area contributed by atoms with Crippen molar-refractivity contribution < 1.29 is 9.53 Å². The Morgan fingerprint density at radius 1 is 1.53 bits per heavy atom. The third kappa shape index (κ3) is 2.22. The van der Waals surface area contributed by atoms with Gasteiger partial charge < -0.3 is 20.4 Å². The van der Waals surface area contributed by atoms with Gasteiger partial charge >= 0.3 is 0 Å². The second-order valence-corrected chi connectivity index (χ2v) is 5.06. The van der Waals surface area contributed by atoms with Crippen molar-refractivity contribution in [3.05, 3.63) is 18.5 Å². The van der Waals surface area contributed by atoms with Crippen molar-refractivity contribution in [1.29, 1.82) is 0 Å². The molecule has 0 radical (unpaired) electrons. The summed E-state index contributed by atoms with van der Waals surface area (Å²) in [7, 11) is 1.85. The quantitative estimate of drug-likeness (QED) is 0.791. The average Bonchev–Trinajstić information content (AvgIpc) is 2.77. The summed E-state index contributed by atoms with van der Waals surface area (Å²) < 4.78 is 7.09. The molecule has 8 heteroatoms. The van der Waals surface area contributed by atoms with E-state index < -0.39 is 0 Å². The van der Waals surface area contributed by atoms with Gasteiger partial charge in [-0.05, 0) is 17.8 Å². The van der Waals surface area contributed by atoms with Gasteiger partial charge in [-0.2, -0.15) is 0 Å². The molecule has 0 aliphatic carbocycles. The predicted molar refractivity (Wildman–Crippen MR) is 70.1 cm³/mol. The first-order valence-corrected chi connectivity index (χ1v) is 6.33. The summed E-state index contributed by atoms with van der Waals surface area (Å²) in [4.78, 5) is 12.1. The lowest BCUT2D eigenvalue weighted by Crippen LogP contribution is -2.25. The number of nitrogens with one attached hydrogen (secondary N) is 1. The third-order valence-corrected chi connectivity index (χ3v) is 3.74. The summed E-state index contributed by atoms with van der Waals surface area (Å²) in [5, 5.41) is 11.2. The zero-order chi connectivity index (χ0) is 13.4. The highest BCUT2D eigenvalue weighted by molar-refractivity contribution is 7.99. The van der Waals surface area contributed by atoms with Crippen molar-refractivity contribution in [3.63, 3.8) is 0 Å². The van der Waals surface area contributed by atoms with Gasteiger partial charge in [0.2, 0.25) is 0 Å². The molecule has 1 aromatic carbocycles. The highest BCUT2D eigenvalue weighted by Gasteiger charge is 2.19. The van der Waals surface area contributed by atoms with Crippen molar-refractivity contribution >= 4 is 29.0 Å². The van der Waals surface area contributed by atoms with E-state index >= 15 is 0 Å². The Kier molecular flexibility index (Phi) is 2.79. The van der Waals surface area contributed by atoms with Crippen molar-refractivity contribution in [2.24, 2.45) is 7.05 Å². The largest absolute Gasteiger partial charge is 0.482 e. The number of amides is 1. The second kappa shape index (κ2) is 4.47. The lowest BCUT2D eigenvalue weighted by molar-refractivity contribution is -0.118. The van der Waals surface area contributed by atoms with E-state index in [0.717, 1.165) is 10.1 Å². The number of nitrogen functional groups attached to an aromatic ring is 1. The van der Waals surface area contributed by atoms with Crippen molar-refractivity contribution in [3.8, 4) is 5.75 Å². The SMILES string of the molecule is Cn1cnnc1Sc1cc2c(cc1N)OCC(=O)N2. The summed E-state index contributed by atoms with van der Waals surface area (Å²) in [6.45, 7) is 0.0161. The number of aromatic nitrogens is 3. The fraction of sp³-hybridized carbons (Fsp3) is 0.182. The van der Waals surface area contributed by atoms with E-state index in [1.807, 2.05) is 7.05 Å². The maximum absolute atomic E-state index is 11.3. The van der Waals surface area contributed by atoms with Gasteiger partial charge in [-0.25, -0.2) is 0 Å². The fourth-order valence-electron chi connectivity index (χ4n) is 1.67. The van der Waals surface area contributed by atoms with Crippen LogP contribution >= 0.6 is 11.8 Å². The number of fused-ring (bicyclic) bond motifs is 1. The second-order valence-electron chi connectivity index (χ2n) is 4.05. The van der Waals surface area contributed by atoms with Gasteiger partial charge in [-0.3, -0.25) is 4.79 Å². The zero-order valence-corrected chi connectivity index (χ0v) is 10.9. The first-order chi connectivity index (χ1) is 9.13. The molecule has 0 saturated carbocycles. The number of benzene rings is 1. The van der Waals surface area contributed by atoms with E-state index in [9.17, 15) is 4.79 Å². The number of carbonyl (C=O) groups excluding carboxylic acids is 1. The number of anilines is 2. The molecule has 2 aromatic rings. The van der Waals surface area contributed by atoms with Gasteiger partial charge in [0.05, 0.1) is 5.69 Å². The summed E-state index contributed by atoms with van der Waals surface area (Å²) in [5.74, 6) is 0.409. The van der Waals surface area contributed by atoms with Gasteiger partial charge in [-0.1, -0.05) is 0 Å². The predicted octanol–water partition coefficient (Wildman–Crippen LogP) is 0.879. The Bertz CT molecular complexity index is 655. The van der Waals surface area contributed by atoms with Gasteiger partial charge in [0.25, 0.3) is 5.91 Å². The summed E-state index contributed by atoms with van der Waals surface area (Å²) in [6, 6.07) is 3.48. The van der Waals surface area contributed by atoms with Crippen LogP contribution in [0.3, 0.4) is 0 Å². The Morgan fingerprint density at radius 2 is 2.37 bits per heavy atom. The molecular weight excluding hydrogens is 266 g/mol. The number of aryl methyl sites for hydroxylation is 1. The molecule has 0 atom stereocenters. The van der Waals surface area contributed by atoms with Gasteiger partial charge in [0, 0.05) is 23.7 Å². The number of rotatable bonds is 2. The maximum Gasteiger partial charge on any atom is 0.262 e. The molecule has 98 valence electrons. The van der Waals surface area contributed by atoms with E-state index in [2.05, 4.69) is 15.5 Å². The topological polar surface area (TPSA) is 95.1 Å². The van der Waals surface area contributed by atoms with Crippen molar-refractivity contribution in [2.45, 2.75) is 10.1 Å². The molecule has 3 N–H and O–H groups in total. The molecule has 2 heterocycles. The summed E-state index contributed by atoms with van der Waals surface area (Å²) in [5.41, 5.74) is 7.17. The number of ether oxygens (including phenoxy) is 1. The molecular formula is C11H11N5O2S. The minimum atomic E-state index is -0.174. The molecule has 7 nitrogen and oxygen atoms in total. The average molecular weight is 277 g/mol. The van der Waals surface area contributed by atoms with E-state index in [4.69, 9.17) is 10.5 Å². The first kappa shape index (κ1) is 11.8. The molecule has 0 spiro atoms. The van der Waals surface area contributed by atoms with Crippen LogP contribution in [0.1, 0.15) is 0 Å². The van der Waals surface area contributed by atoms with E-state index in [0.29, 0.717) is 17.1 Å². The number of nitrogens with two attached hydrogens (primary N) is 1. The van der Waals surface area contributed by atoms with Crippen LogP contribution in [0.15, 0.2) is 28.5 Å². The Hall–Kier alpha value is -2.22. The lowest BCUT2D eigenvalue weighted by atomic mass is 10.2. The molecule has 1 aromatic heterocycles. The molecule has 3 rings (SSSR count). The van der Waals surface area contributed by atoms with Crippen molar-refractivity contribution in [2.75, 3.05) is 17.7 Å². The highest BCUT2D eigenvalue weighted by atomic mass is 32.2. The molecule has 0 saturated heterocycles. The maximum atomic E-state index is 11.3. The Balaban J connectivity index is 1.96. The molecule has 1 amide bonds. The van der Waals surface area contributed by atoms with E-state index in [1.165, 1.54) is 11.8 Å².